The van der Waals surface area contributed by atoms with E-state index in [4.69, 9.17) is 4.74 Å². The number of phenolic OH excluding ortho intramolecular Hbond substituents is 1. The first-order valence-electron chi connectivity index (χ1n) is 5.32. The van der Waals surface area contributed by atoms with E-state index in [1.165, 1.54) is 12.1 Å². The minimum atomic E-state index is -0.757. The lowest BCUT2D eigenvalue weighted by atomic mass is 10.2. The highest BCUT2D eigenvalue weighted by atomic mass is 16.5. The van der Waals surface area contributed by atoms with Gasteiger partial charge < -0.3 is 14.6 Å². The van der Waals surface area contributed by atoms with E-state index in [-0.39, 0.29) is 23.0 Å². The van der Waals surface area contributed by atoms with E-state index >= 15 is 0 Å². The van der Waals surface area contributed by atoms with E-state index in [1.54, 1.807) is 13.8 Å². The molecule has 0 aliphatic carbocycles. The molecule has 18 heavy (non-hydrogen) atoms. The summed E-state index contributed by atoms with van der Waals surface area (Å²) in [5, 5.41) is 9.32. The number of esters is 2. The maximum Gasteiger partial charge on any atom is 0.346 e. The number of phenols is 1. The molecule has 0 aliphatic heterocycles. The monoisotopic (exact) mass is 250 g/mol. The van der Waals surface area contributed by atoms with Crippen molar-refractivity contribution in [3.63, 3.8) is 0 Å². The van der Waals surface area contributed by atoms with Gasteiger partial charge >= 0.3 is 11.9 Å². The van der Waals surface area contributed by atoms with Gasteiger partial charge in [0.1, 0.15) is 17.1 Å². The van der Waals surface area contributed by atoms with Crippen LogP contribution in [0.25, 0.3) is 0 Å². The number of hydrogen-bond donors (Lipinski definition) is 1. The van der Waals surface area contributed by atoms with E-state index in [9.17, 15) is 14.7 Å². The van der Waals surface area contributed by atoms with Gasteiger partial charge in [-0.05, 0) is 18.2 Å². The molecule has 0 aromatic heterocycles. The van der Waals surface area contributed by atoms with E-state index < -0.39 is 11.9 Å². The highest BCUT2D eigenvalue weighted by Gasteiger charge is 2.18. The van der Waals surface area contributed by atoms with Crippen molar-refractivity contribution in [3.05, 3.63) is 36.6 Å². The number of ether oxygens (including phenoxy) is 2. The molecule has 0 amide bonds. The Morgan fingerprint density at radius 1 is 1.39 bits per heavy atom. The number of aromatic hydroxyl groups is 1. The van der Waals surface area contributed by atoms with Crippen LogP contribution in [0.3, 0.4) is 0 Å². The van der Waals surface area contributed by atoms with Crippen molar-refractivity contribution in [1.82, 2.24) is 0 Å². The first-order valence-corrected chi connectivity index (χ1v) is 5.32. The quantitative estimate of drug-likeness (QED) is 0.504. The van der Waals surface area contributed by atoms with Gasteiger partial charge in [-0.1, -0.05) is 20.4 Å². The zero-order chi connectivity index (χ0) is 13.7. The van der Waals surface area contributed by atoms with Crippen molar-refractivity contribution in [1.29, 1.82) is 0 Å². The van der Waals surface area contributed by atoms with Gasteiger partial charge in [-0.15, -0.1) is 0 Å². The number of hydrogen-bond acceptors (Lipinski definition) is 5. The second-order valence-electron chi connectivity index (χ2n) is 3.83. The molecule has 0 unspecified atom stereocenters. The molecule has 0 saturated carbocycles. The van der Waals surface area contributed by atoms with Crippen LogP contribution in [0, 0.1) is 5.92 Å². The van der Waals surface area contributed by atoms with Gasteiger partial charge in [0.25, 0.3) is 0 Å². The average Bonchev–Trinajstić information content (AvgIpc) is 2.31. The lowest BCUT2D eigenvalue weighted by Crippen LogP contribution is -2.16. The largest absolute Gasteiger partial charge is 0.508 e. The molecule has 0 fully saturated rings. The van der Waals surface area contributed by atoms with Crippen LogP contribution in [-0.4, -0.2) is 17.0 Å². The molecule has 0 bridgehead atoms. The van der Waals surface area contributed by atoms with Gasteiger partial charge in [-0.2, -0.15) is 0 Å². The highest BCUT2D eigenvalue weighted by molar-refractivity contribution is 5.94. The Labute approximate surface area is 105 Å². The van der Waals surface area contributed by atoms with E-state index in [2.05, 4.69) is 11.3 Å². The molecule has 5 heteroatoms. The van der Waals surface area contributed by atoms with Gasteiger partial charge in [-0.25, -0.2) is 4.79 Å². The molecule has 0 heterocycles. The van der Waals surface area contributed by atoms with Crippen LogP contribution in [0.2, 0.25) is 0 Å². The Morgan fingerprint density at radius 3 is 2.61 bits per heavy atom. The molecular formula is C13H14O5. The van der Waals surface area contributed by atoms with Crippen LogP contribution in [0.4, 0.5) is 0 Å². The molecule has 0 atom stereocenters. The number of carbonyl (C=O) groups excluding carboxylic acids is 2. The molecule has 1 N–H and O–H groups in total. The lowest BCUT2D eigenvalue weighted by Gasteiger charge is -2.10. The summed E-state index contributed by atoms with van der Waals surface area (Å²) in [5.74, 6) is -1.66. The van der Waals surface area contributed by atoms with Gasteiger partial charge in [0.15, 0.2) is 0 Å². The molecule has 1 rings (SSSR count). The van der Waals surface area contributed by atoms with E-state index in [0.717, 1.165) is 12.3 Å². The highest BCUT2D eigenvalue weighted by Crippen LogP contribution is 2.25. The number of rotatable bonds is 4. The van der Waals surface area contributed by atoms with Crippen molar-refractivity contribution in [2.24, 2.45) is 5.92 Å². The molecule has 0 aliphatic rings. The summed E-state index contributed by atoms with van der Waals surface area (Å²) in [6.45, 7) is 6.60. The molecule has 0 saturated heterocycles. The topological polar surface area (TPSA) is 72.8 Å². The fourth-order valence-corrected chi connectivity index (χ4v) is 1.13. The lowest BCUT2D eigenvalue weighted by molar-refractivity contribution is -0.137. The summed E-state index contributed by atoms with van der Waals surface area (Å²) < 4.78 is 9.63. The fraction of sp³-hybridized carbons (Fsp3) is 0.231. The van der Waals surface area contributed by atoms with Crippen molar-refractivity contribution >= 4 is 11.9 Å². The summed E-state index contributed by atoms with van der Waals surface area (Å²) in [5.41, 5.74) is -0.0381. The molecule has 1 aromatic carbocycles. The Kier molecular flexibility index (Phi) is 4.48. The van der Waals surface area contributed by atoms with Crippen molar-refractivity contribution < 1.29 is 24.2 Å². The van der Waals surface area contributed by atoms with E-state index in [0.29, 0.717) is 0 Å². The summed E-state index contributed by atoms with van der Waals surface area (Å²) >= 11 is 0. The Balaban J connectivity index is 3.07. The predicted molar refractivity (Wildman–Crippen MR) is 64.2 cm³/mol. The third-order valence-electron chi connectivity index (χ3n) is 2.06. The predicted octanol–water partition coefficient (Wildman–Crippen LogP) is 2.25. The molecule has 0 radical (unpaired) electrons. The van der Waals surface area contributed by atoms with Gasteiger partial charge in [-0.3, -0.25) is 4.79 Å². The standard InChI is InChI=1S/C13H14O5/c1-4-17-13(16)10-7-9(14)5-6-11(10)18-12(15)8(2)3/h4-8,14H,1H2,2-3H3. The van der Waals surface area contributed by atoms with E-state index in [1.807, 2.05) is 0 Å². The average molecular weight is 250 g/mol. The molecule has 96 valence electrons. The van der Waals surface area contributed by atoms with Crippen molar-refractivity contribution in [2.75, 3.05) is 0 Å². The van der Waals surface area contributed by atoms with Gasteiger partial charge in [0, 0.05) is 0 Å². The summed E-state index contributed by atoms with van der Waals surface area (Å²) in [6, 6.07) is 3.80. The van der Waals surface area contributed by atoms with Crippen LogP contribution in [0.15, 0.2) is 31.0 Å². The summed E-state index contributed by atoms with van der Waals surface area (Å²) in [4.78, 5) is 23.0. The third kappa shape index (κ3) is 3.35. The summed E-state index contributed by atoms with van der Waals surface area (Å²) in [7, 11) is 0. The Bertz CT molecular complexity index is 476. The second kappa shape index (κ2) is 5.86. The smallest absolute Gasteiger partial charge is 0.346 e. The van der Waals surface area contributed by atoms with Gasteiger partial charge in [0.2, 0.25) is 0 Å². The van der Waals surface area contributed by atoms with Crippen LogP contribution in [-0.2, 0) is 9.53 Å². The molecule has 0 spiro atoms. The molecule has 5 nitrogen and oxygen atoms in total. The van der Waals surface area contributed by atoms with Crippen LogP contribution in [0.5, 0.6) is 11.5 Å². The Morgan fingerprint density at radius 2 is 2.06 bits per heavy atom. The maximum absolute atomic E-state index is 11.6. The first kappa shape index (κ1) is 13.8. The summed E-state index contributed by atoms with van der Waals surface area (Å²) in [6.07, 6.45) is 0.959. The number of carbonyl (C=O) groups is 2. The van der Waals surface area contributed by atoms with Gasteiger partial charge in [0.05, 0.1) is 12.2 Å². The Hall–Kier alpha value is -2.30. The van der Waals surface area contributed by atoms with Crippen molar-refractivity contribution in [2.45, 2.75) is 13.8 Å². The zero-order valence-electron chi connectivity index (χ0n) is 10.2. The van der Waals surface area contributed by atoms with Crippen LogP contribution >= 0.6 is 0 Å². The first-order chi connectivity index (χ1) is 8.45. The maximum atomic E-state index is 11.6. The van der Waals surface area contributed by atoms with Crippen LogP contribution < -0.4 is 4.74 Å². The normalized spacial score (nSPS) is 9.94. The fourth-order valence-electron chi connectivity index (χ4n) is 1.13. The second-order valence-corrected chi connectivity index (χ2v) is 3.83. The molecule has 1 aromatic rings. The number of benzene rings is 1. The van der Waals surface area contributed by atoms with Crippen LogP contribution in [0.1, 0.15) is 24.2 Å². The third-order valence-corrected chi connectivity index (χ3v) is 2.06. The zero-order valence-corrected chi connectivity index (χ0v) is 10.2. The molecular weight excluding hydrogens is 236 g/mol. The minimum Gasteiger partial charge on any atom is -0.508 e. The SMILES string of the molecule is C=COC(=O)c1cc(O)ccc1OC(=O)C(C)C. The van der Waals surface area contributed by atoms with Crippen molar-refractivity contribution in [3.8, 4) is 11.5 Å². The minimum absolute atomic E-state index is 0.0381.